The summed E-state index contributed by atoms with van der Waals surface area (Å²) in [6.45, 7) is 26.6. The third-order valence-corrected chi connectivity index (χ3v) is 5.81. The summed E-state index contributed by atoms with van der Waals surface area (Å²) in [5.41, 5.74) is 12.5. The first-order valence-corrected chi connectivity index (χ1v) is 13.1. The van der Waals surface area contributed by atoms with Crippen molar-refractivity contribution in [3.63, 3.8) is 0 Å². The molecule has 1 aliphatic rings. The molecule has 1 saturated heterocycles. The maximum atomic E-state index is 5.50. The second-order valence-corrected chi connectivity index (χ2v) is 9.47. The van der Waals surface area contributed by atoms with E-state index in [0.29, 0.717) is 5.92 Å². The van der Waals surface area contributed by atoms with Crippen molar-refractivity contribution in [2.24, 2.45) is 11.7 Å². The van der Waals surface area contributed by atoms with E-state index >= 15 is 0 Å². The number of imidazole rings is 1. The van der Waals surface area contributed by atoms with Crippen LogP contribution in [0.3, 0.4) is 0 Å². The Labute approximate surface area is 216 Å². The highest BCUT2D eigenvalue weighted by atomic mass is 15.1. The topological polar surface area (TPSA) is 70.0 Å². The normalized spacial score (nSPS) is 14.0. The molecule has 0 unspecified atom stereocenters. The van der Waals surface area contributed by atoms with Gasteiger partial charge in [-0.2, -0.15) is 0 Å². The molecule has 198 valence electrons. The van der Waals surface area contributed by atoms with Crippen molar-refractivity contribution in [1.82, 2.24) is 20.2 Å². The second-order valence-electron chi connectivity index (χ2n) is 9.47. The van der Waals surface area contributed by atoms with E-state index in [0.717, 1.165) is 42.1 Å². The van der Waals surface area contributed by atoms with Gasteiger partial charge in [0.15, 0.2) is 0 Å². The van der Waals surface area contributed by atoms with Crippen LogP contribution in [-0.2, 0) is 0 Å². The lowest BCUT2D eigenvalue weighted by Gasteiger charge is -2.09. The lowest BCUT2D eigenvalue weighted by molar-refractivity contribution is 0.377. The lowest BCUT2D eigenvalue weighted by atomic mass is 10.1. The van der Waals surface area contributed by atoms with Crippen LogP contribution in [0.2, 0.25) is 0 Å². The highest BCUT2D eigenvalue weighted by Crippen LogP contribution is 2.16. The number of nitrogens with two attached hydrogens (primary N) is 1. The third kappa shape index (κ3) is 13.9. The van der Waals surface area contributed by atoms with E-state index in [1.807, 2.05) is 20.0 Å². The number of fused-ring (bicyclic) bond motifs is 1. The van der Waals surface area contributed by atoms with E-state index in [9.17, 15) is 0 Å². The van der Waals surface area contributed by atoms with E-state index in [1.165, 1.54) is 49.1 Å². The second kappa shape index (κ2) is 18.9. The van der Waals surface area contributed by atoms with Crippen LogP contribution in [0.15, 0.2) is 48.7 Å². The van der Waals surface area contributed by atoms with Crippen LogP contribution in [0.1, 0.15) is 70.3 Å². The van der Waals surface area contributed by atoms with Crippen molar-refractivity contribution in [3.05, 3.63) is 65.7 Å². The van der Waals surface area contributed by atoms with Crippen molar-refractivity contribution in [2.45, 2.75) is 74.1 Å². The first kappa shape index (κ1) is 32.6. The number of nitrogens with zero attached hydrogens (tertiary/aromatic N) is 2. The quantitative estimate of drug-likeness (QED) is 0.298. The van der Waals surface area contributed by atoms with Gasteiger partial charge >= 0.3 is 0 Å². The third-order valence-electron chi connectivity index (χ3n) is 5.81. The fourth-order valence-electron chi connectivity index (χ4n) is 3.34. The van der Waals surface area contributed by atoms with Gasteiger partial charge in [-0.05, 0) is 101 Å². The molecule has 5 nitrogen and oxygen atoms in total. The fraction of sp³-hybridized carbons (Fsp3) is 0.567. The number of aromatic amines is 1. The Kier molecular flexibility index (Phi) is 17.6. The highest BCUT2D eigenvalue weighted by molar-refractivity contribution is 5.77. The number of hydrogen-bond donors (Lipinski definition) is 3. The monoisotopic (exact) mass is 483 g/mol. The summed E-state index contributed by atoms with van der Waals surface area (Å²) in [4.78, 5) is 10.00. The van der Waals surface area contributed by atoms with Gasteiger partial charge in [0.1, 0.15) is 5.82 Å². The van der Waals surface area contributed by atoms with E-state index in [4.69, 9.17) is 5.73 Å². The van der Waals surface area contributed by atoms with Gasteiger partial charge in [-0.3, -0.25) is 4.90 Å². The largest absolute Gasteiger partial charge is 0.388 e. The van der Waals surface area contributed by atoms with Crippen LogP contribution in [0, 0.1) is 26.7 Å². The van der Waals surface area contributed by atoms with Crippen LogP contribution in [0.25, 0.3) is 11.0 Å². The Balaban J connectivity index is 0.000000477. The van der Waals surface area contributed by atoms with Crippen LogP contribution < -0.4 is 11.1 Å². The molecule has 1 atom stereocenters. The molecule has 0 radical (unpaired) electrons. The lowest BCUT2D eigenvalue weighted by Crippen LogP contribution is -2.18. The Morgan fingerprint density at radius 1 is 1.20 bits per heavy atom. The molecule has 1 aliphatic heterocycles. The average molecular weight is 484 g/mol. The molecular formula is C30H53N5. The number of hydrogen-bond acceptors (Lipinski definition) is 4. The SMILES string of the molecule is C=C(NC)/C(C)=C\C[C@@H](C)CN.C=CCN1CCCC1.CCC.Cc1nc2cc(C)c(C)cc2[nH]1. The van der Waals surface area contributed by atoms with Crippen LogP contribution >= 0.6 is 0 Å². The number of likely N-dealkylation sites (N-methyl/N-ethyl adjacent to an activating group) is 1. The smallest absolute Gasteiger partial charge is 0.104 e. The zero-order valence-electron chi connectivity index (χ0n) is 23.9. The molecule has 2 aromatic rings. The summed E-state index contributed by atoms with van der Waals surface area (Å²) in [6, 6.07) is 4.26. The van der Waals surface area contributed by atoms with Crippen molar-refractivity contribution in [3.8, 4) is 0 Å². The number of allylic oxidation sites excluding steroid dienone is 2. The minimum atomic E-state index is 0.560. The molecule has 0 bridgehead atoms. The Bertz CT molecular complexity index is 849. The number of aromatic nitrogens is 2. The summed E-state index contributed by atoms with van der Waals surface area (Å²) in [5, 5.41) is 3.01. The number of likely N-dealkylation sites (tertiary alicyclic amines) is 1. The highest BCUT2D eigenvalue weighted by Gasteiger charge is 2.07. The minimum absolute atomic E-state index is 0.560. The standard InChI is InChI=1S/C10H12N2.C10H20N2.C7H13N.C3H8/c1-6-4-9-10(5-7(6)2)12-8(3)11-9;1-8(7-11)5-6-9(2)10(3)12-4;1-2-5-8-6-3-4-7-8;1-3-2/h4-5H,1-3H3,(H,11,12);6,8,12H,3,5,7,11H2,1-2,4H3;2H,1,3-7H2;3H2,1-2H3/b;9-6-;;/t;8-;;/m.1../s1. The molecule has 0 spiro atoms. The van der Waals surface area contributed by atoms with Gasteiger partial charge in [0.25, 0.3) is 0 Å². The van der Waals surface area contributed by atoms with Crippen LogP contribution in [0.4, 0.5) is 0 Å². The molecule has 0 saturated carbocycles. The molecule has 1 fully saturated rings. The Morgan fingerprint density at radius 3 is 2.29 bits per heavy atom. The molecule has 35 heavy (non-hydrogen) atoms. The van der Waals surface area contributed by atoms with Gasteiger partial charge < -0.3 is 16.0 Å². The predicted molar refractivity (Wildman–Crippen MR) is 157 cm³/mol. The summed E-state index contributed by atoms with van der Waals surface area (Å²) in [6.07, 6.45) is 9.20. The average Bonchev–Trinajstić information content (AvgIpc) is 3.47. The molecule has 2 heterocycles. The molecule has 1 aromatic carbocycles. The molecular weight excluding hydrogens is 430 g/mol. The molecule has 0 amide bonds. The van der Waals surface area contributed by atoms with E-state index in [1.54, 1.807) is 0 Å². The zero-order chi connectivity index (χ0) is 26.8. The summed E-state index contributed by atoms with van der Waals surface area (Å²) < 4.78 is 0. The van der Waals surface area contributed by atoms with Gasteiger partial charge in [-0.1, -0.05) is 45.9 Å². The van der Waals surface area contributed by atoms with Crippen LogP contribution in [0.5, 0.6) is 0 Å². The zero-order valence-corrected chi connectivity index (χ0v) is 23.9. The summed E-state index contributed by atoms with van der Waals surface area (Å²) in [5.74, 6) is 1.54. The fourth-order valence-corrected chi connectivity index (χ4v) is 3.34. The first-order valence-electron chi connectivity index (χ1n) is 13.1. The molecule has 0 aliphatic carbocycles. The molecule has 4 N–H and O–H groups in total. The maximum absolute atomic E-state index is 5.50. The van der Waals surface area contributed by atoms with E-state index in [2.05, 4.69) is 93.1 Å². The van der Waals surface area contributed by atoms with Gasteiger partial charge in [0.05, 0.1) is 11.0 Å². The Morgan fingerprint density at radius 2 is 1.77 bits per heavy atom. The van der Waals surface area contributed by atoms with Gasteiger partial charge in [0, 0.05) is 19.3 Å². The van der Waals surface area contributed by atoms with Crippen molar-refractivity contribution < 1.29 is 0 Å². The van der Waals surface area contributed by atoms with Gasteiger partial charge in [-0.15, -0.1) is 6.58 Å². The number of H-pyrrole nitrogens is 1. The Hall–Kier alpha value is -2.37. The number of benzene rings is 1. The van der Waals surface area contributed by atoms with E-state index in [-0.39, 0.29) is 0 Å². The number of aryl methyl sites for hydroxylation is 3. The van der Waals surface area contributed by atoms with Gasteiger partial charge in [-0.25, -0.2) is 4.98 Å². The number of nitrogens with one attached hydrogen (secondary N) is 2. The molecule has 5 heteroatoms. The first-order chi connectivity index (χ1) is 16.6. The molecule has 1 aromatic heterocycles. The minimum Gasteiger partial charge on any atom is -0.388 e. The van der Waals surface area contributed by atoms with Crippen molar-refractivity contribution in [1.29, 1.82) is 0 Å². The maximum Gasteiger partial charge on any atom is 0.104 e. The predicted octanol–water partition coefficient (Wildman–Crippen LogP) is 6.82. The summed E-state index contributed by atoms with van der Waals surface area (Å²) in [7, 11) is 1.88. The van der Waals surface area contributed by atoms with Crippen LogP contribution in [-0.4, -0.2) is 48.1 Å². The number of rotatable bonds is 7. The van der Waals surface area contributed by atoms with Crippen molar-refractivity contribution in [2.75, 3.05) is 33.2 Å². The van der Waals surface area contributed by atoms with Gasteiger partial charge in [0.2, 0.25) is 0 Å². The molecule has 3 rings (SSSR count). The van der Waals surface area contributed by atoms with E-state index < -0.39 is 0 Å². The summed E-state index contributed by atoms with van der Waals surface area (Å²) >= 11 is 0. The van der Waals surface area contributed by atoms with Crippen molar-refractivity contribution >= 4 is 11.0 Å².